The van der Waals surface area contributed by atoms with E-state index in [1.165, 1.54) is 0 Å². The Balaban J connectivity index is 2.59. The number of nitrogens with zero attached hydrogens (tertiary/aromatic N) is 2. The van der Waals surface area contributed by atoms with Crippen LogP contribution in [0.15, 0.2) is 0 Å². The number of H-pyrrole nitrogens is 1. The lowest BCUT2D eigenvalue weighted by Crippen LogP contribution is -2.38. The van der Waals surface area contributed by atoms with E-state index in [4.69, 9.17) is 0 Å². The maximum Gasteiger partial charge on any atom is 0.291 e. The van der Waals surface area contributed by atoms with E-state index in [1.807, 2.05) is 13.8 Å². The molecule has 1 unspecified atom stereocenters. The van der Waals surface area contributed by atoms with Crippen molar-refractivity contribution in [2.45, 2.75) is 53.0 Å². The first kappa shape index (κ1) is 13.7. The van der Waals surface area contributed by atoms with Crippen LogP contribution in [-0.2, 0) is 6.42 Å². The normalized spacial score (nSPS) is 12.8. The summed E-state index contributed by atoms with van der Waals surface area (Å²) in [6.07, 6.45) is 2.88. The Morgan fingerprint density at radius 2 is 2.00 bits per heavy atom. The summed E-state index contributed by atoms with van der Waals surface area (Å²) < 4.78 is 0. The molecule has 2 N–H and O–H groups in total. The topological polar surface area (TPSA) is 70.7 Å². The van der Waals surface area contributed by atoms with Crippen LogP contribution in [0.25, 0.3) is 0 Å². The van der Waals surface area contributed by atoms with Gasteiger partial charge in [-0.1, -0.05) is 33.6 Å². The summed E-state index contributed by atoms with van der Waals surface area (Å²) in [5.74, 6) is 1.29. The molecule has 17 heavy (non-hydrogen) atoms. The van der Waals surface area contributed by atoms with Crippen molar-refractivity contribution in [3.63, 3.8) is 0 Å². The number of carbonyl (C=O) groups is 1. The maximum atomic E-state index is 11.9. The zero-order chi connectivity index (χ0) is 12.8. The van der Waals surface area contributed by atoms with Crippen LogP contribution in [0.4, 0.5) is 0 Å². The molecule has 0 saturated carbocycles. The molecule has 0 aromatic carbocycles. The highest BCUT2D eigenvalue weighted by molar-refractivity contribution is 5.90. The van der Waals surface area contributed by atoms with Gasteiger partial charge in [0.2, 0.25) is 5.82 Å². The summed E-state index contributed by atoms with van der Waals surface area (Å²) in [4.78, 5) is 16.0. The van der Waals surface area contributed by atoms with Gasteiger partial charge in [-0.05, 0) is 12.8 Å². The Kier molecular flexibility index (Phi) is 5.12. The Morgan fingerprint density at radius 3 is 2.47 bits per heavy atom. The molecule has 0 aliphatic carbocycles. The number of aromatic nitrogens is 3. The molecule has 0 aliphatic heterocycles. The van der Waals surface area contributed by atoms with Gasteiger partial charge in [-0.15, -0.1) is 5.10 Å². The van der Waals surface area contributed by atoms with Gasteiger partial charge in [0.25, 0.3) is 5.91 Å². The van der Waals surface area contributed by atoms with Gasteiger partial charge in [-0.25, -0.2) is 4.98 Å². The minimum absolute atomic E-state index is 0.154. The quantitative estimate of drug-likeness (QED) is 0.795. The number of hydrogen-bond acceptors (Lipinski definition) is 3. The van der Waals surface area contributed by atoms with Gasteiger partial charge in [-0.3, -0.25) is 9.89 Å². The van der Waals surface area contributed by atoms with Crippen molar-refractivity contribution in [3.05, 3.63) is 11.6 Å². The molecule has 1 aromatic rings. The number of carbonyl (C=O) groups excluding carboxylic acids is 1. The first-order valence-corrected chi connectivity index (χ1v) is 6.34. The van der Waals surface area contributed by atoms with Crippen LogP contribution in [0.5, 0.6) is 0 Å². The molecule has 0 spiro atoms. The predicted molar refractivity (Wildman–Crippen MR) is 66.8 cm³/mol. The molecule has 5 nitrogen and oxygen atoms in total. The van der Waals surface area contributed by atoms with Crippen molar-refractivity contribution in [2.24, 2.45) is 5.92 Å². The molecule has 0 aliphatic rings. The average molecular weight is 238 g/mol. The zero-order valence-corrected chi connectivity index (χ0v) is 11.1. The van der Waals surface area contributed by atoms with E-state index in [-0.39, 0.29) is 17.8 Å². The van der Waals surface area contributed by atoms with Crippen molar-refractivity contribution in [1.29, 1.82) is 0 Å². The van der Waals surface area contributed by atoms with Crippen LogP contribution < -0.4 is 5.32 Å². The van der Waals surface area contributed by atoms with Crippen LogP contribution in [0.2, 0.25) is 0 Å². The van der Waals surface area contributed by atoms with Crippen molar-refractivity contribution in [1.82, 2.24) is 20.5 Å². The molecular formula is C12H22N4O. The second kappa shape index (κ2) is 6.37. The number of aromatic amines is 1. The van der Waals surface area contributed by atoms with Crippen LogP contribution >= 0.6 is 0 Å². The van der Waals surface area contributed by atoms with Crippen LogP contribution in [0.3, 0.4) is 0 Å². The van der Waals surface area contributed by atoms with Crippen molar-refractivity contribution in [2.75, 3.05) is 0 Å². The second-order valence-corrected chi connectivity index (χ2v) is 4.30. The first-order chi connectivity index (χ1) is 8.12. The van der Waals surface area contributed by atoms with Crippen LogP contribution in [0.1, 0.15) is 57.0 Å². The molecule has 1 amide bonds. The summed E-state index contributed by atoms with van der Waals surface area (Å²) in [7, 11) is 0. The average Bonchev–Trinajstić information content (AvgIpc) is 2.79. The van der Waals surface area contributed by atoms with E-state index in [2.05, 4.69) is 34.3 Å². The molecule has 96 valence electrons. The highest BCUT2D eigenvalue weighted by Crippen LogP contribution is 2.12. The van der Waals surface area contributed by atoms with Crippen molar-refractivity contribution in [3.8, 4) is 0 Å². The van der Waals surface area contributed by atoms with Gasteiger partial charge in [0.05, 0.1) is 0 Å². The van der Waals surface area contributed by atoms with E-state index < -0.39 is 0 Å². The molecular weight excluding hydrogens is 216 g/mol. The van der Waals surface area contributed by atoms with Gasteiger partial charge in [0, 0.05) is 12.5 Å². The minimum Gasteiger partial charge on any atom is -0.347 e. The van der Waals surface area contributed by atoms with Crippen molar-refractivity contribution < 1.29 is 4.79 Å². The molecule has 1 atom stereocenters. The van der Waals surface area contributed by atoms with Gasteiger partial charge in [0.15, 0.2) is 0 Å². The lowest BCUT2D eigenvalue weighted by atomic mass is 9.95. The van der Waals surface area contributed by atoms with Gasteiger partial charge in [-0.2, -0.15) is 0 Å². The first-order valence-electron chi connectivity index (χ1n) is 6.34. The fourth-order valence-corrected chi connectivity index (χ4v) is 1.94. The third kappa shape index (κ3) is 3.54. The van der Waals surface area contributed by atoms with Gasteiger partial charge >= 0.3 is 0 Å². The van der Waals surface area contributed by atoms with E-state index in [0.717, 1.165) is 25.1 Å². The lowest BCUT2D eigenvalue weighted by Gasteiger charge is -2.21. The molecule has 0 fully saturated rings. The number of amides is 1. The molecule has 1 heterocycles. The predicted octanol–water partition coefficient (Wildman–Crippen LogP) is 1.92. The smallest absolute Gasteiger partial charge is 0.291 e. The molecule has 1 rings (SSSR count). The highest BCUT2D eigenvalue weighted by Gasteiger charge is 2.19. The minimum atomic E-state index is -0.194. The summed E-state index contributed by atoms with van der Waals surface area (Å²) >= 11 is 0. The SMILES string of the molecule is CCc1nc(C(=O)NC(C)C(CC)CC)n[nH]1. The largest absolute Gasteiger partial charge is 0.347 e. The Labute approximate surface area is 102 Å². The van der Waals surface area contributed by atoms with Gasteiger partial charge < -0.3 is 5.32 Å². The van der Waals surface area contributed by atoms with E-state index in [1.54, 1.807) is 0 Å². The Hall–Kier alpha value is -1.39. The zero-order valence-electron chi connectivity index (χ0n) is 11.1. The van der Waals surface area contributed by atoms with Crippen LogP contribution in [-0.4, -0.2) is 27.1 Å². The lowest BCUT2D eigenvalue weighted by molar-refractivity contribution is 0.0915. The maximum absolute atomic E-state index is 11.9. The second-order valence-electron chi connectivity index (χ2n) is 4.30. The monoisotopic (exact) mass is 238 g/mol. The summed E-state index contributed by atoms with van der Waals surface area (Å²) in [6.45, 7) is 8.27. The summed E-state index contributed by atoms with van der Waals surface area (Å²) in [5, 5.41) is 9.60. The van der Waals surface area contributed by atoms with E-state index >= 15 is 0 Å². The van der Waals surface area contributed by atoms with E-state index in [9.17, 15) is 4.79 Å². The standard InChI is InChI=1S/C12H22N4O/c1-5-9(6-2)8(4)13-12(17)11-14-10(7-3)15-16-11/h8-9H,5-7H2,1-4H3,(H,13,17)(H,14,15,16). The Bertz CT molecular complexity index is 357. The third-order valence-electron chi connectivity index (χ3n) is 3.18. The van der Waals surface area contributed by atoms with Crippen molar-refractivity contribution >= 4 is 5.91 Å². The molecule has 0 bridgehead atoms. The molecule has 0 radical (unpaired) electrons. The summed E-state index contributed by atoms with van der Waals surface area (Å²) in [5.41, 5.74) is 0. The summed E-state index contributed by atoms with van der Waals surface area (Å²) in [6, 6.07) is 0.154. The highest BCUT2D eigenvalue weighted by atomic mass is 16.2. The van der Waals surface area contributed by atoms with Crippen LogP contribution in [0, 0.1) is 5.92 Å². The Morgan fingerprint density at radius 1 is 1.35 bits per heavy atom. The number of hydrogen-bond donors (Lipinski definition) is 2. The fraction of sp³-hybridized carbons (Fsp3) is 0.750. The third-order valence-corrected chi connectivity index (χ3v) is 3.18. The molecule has 1 aromatic heterocycles. The number of nitrogens with one attached hydrogen (secondary N) is 2. The molecule has 5 heteroatoms. The number of rotatable bonds is 6. The molecule has 0 saturated heterocycles. The van der Waals surface area contributed by atoms with E-state index in [0.29, 0.717) is 5.92 Å². The fourth-order valence-electron chi connectivity index (χ4n) is 1.94. The van der Waals surface area contributed by atoms with Gasteiger partial charge in [0.1, 0.15) is 5.82 Å². The number of aryl methyl sites for hydroxylation is 1.